The van der Waals surface area contributed by atoms with Crippen molar-refractivity contribution in [2.45, 2.75) is 19.9 Å². The van der Waals surface area contributed by atoms with Gasteiger partial charge in [-0.25, -0.2) is 0 Å². The first-order valence-electron chi connectivity index (χ1n) is 8.24. The Labute approximate surface area is 141 Å². The molecule has 1 fully saturated rings. The number of carbonyl (C=O) groups excluding carboxylic acids is 2. The zero-order valence-corrected chi connectivity index (χ0v) is 13.9. The maximum Gasteiger partial charge on any atom is 0.237 e. The summed E-state index contributed by atoms with van der Waals surface area (Å²) in [5.74, 6) is 1.10. The molecule has 1 aromatic carbocycles. The van der Waals surface area contributed by atoms with Gasteiger partial charge in [-0.3, -0.25) is 14.5 Å². The fourth-order valence-electron chi connectivity index (χ4n) is 3.14. The molecule has 2 aliphatic rings. The van der Waals surface area contributed by atoms with Crippen LogP contribution in [0.1, 0.15) is 18.9 Å². The summed E-state index contributed by atoms with van der Waals surface area (Å²) in [6.07, 6.45) is 0.733. The standard InChI is InChI=1S/C17H23N3O4/c1-2-20(8-12-3-4-14-15(7-12)24-11-23-14)16(21)10-19-6-5-13(9-19)17(18)22/h3-4,7,13H,2,5-6,8-11H2,1H3,(H2,18,22). The van der Waals surface area contributed by atoms with Crippen molar-refractivity contribution in [3.63, 3.8) is 0 Å². The molecule has 130 valence electrons. The number of rotatable bonds is 6. The van der Waals surface area contributed by atoms with Crippen molar-refractivity contribution in [1.29, 1.82) is 0 Å². The van der Waals surface area contributed by atoms with Gasteiger partial charge < -0.3 is 20.1 Å². The van der Waals surface area contributed by atoms with Gasteiger partial charge in [-0.1, -0.05) is 6.07 Å². The lowest BCUT2D eigenvalue weighted by Crippen LogP contribution is -2.39. The predicted molar refractivity (Wildman–Crippen MR) is 87.4 cm³/mol. The zero-order valence-electron chi connectivity index (χ0n) is 13.9. The molecule has 0 aromatic heterocycles. The lowest BCUT2D eigenvalue weighted by atomic mass is 10.1. The highest BCUT2D eigenvalue weighted by Crippen LogP contribution is 2.32. The fourth-order valence-corrected chi connectivity index (χ4v) is 3.14. The van der Waals surface area contributed by atoms with Gasteiger partial charge in [0.25, 0.3) is 0 Å². The van der Waals surface area contributed by atoms with Crippen molar-refractivity contribution in [1.82, 2.24) is 9.80 Å². The Morgan fingerprint density at radius 3 is 2.83 bits per heavy atom. The van der Waals surface area contributed by atoms with Crippen molar-refractivity contribution in [2.24, 2.45) is 11.7 Å². The van der Waals surface area contributed by atoms with Crippen LogP contribution in [0.15, 0.2) is 18.2 Å². The Bertz CT molecular complexity index is 634. The highest BCUT2D eigenvalue weighted by atomic mass is 16.7. The lowest BCUT2D eigenvalue weighted by molar-refractivity contribution is -0.133. The minimum Gasteiger partial charge on any atom is -0.454 e. The topological polar surface area (TPSA) is 85.1 Å². The van der Waals surface area contributed by atoms with Crippen molar-refractivity contribution >= 4 is 11.8 Å². The Morgan fingerprint density at radius 1 is 1.33 bits per heavy atom. The Hall–Kier alpha value is -2.28. The maximum absolute atomic E-state index is 12.6. The molecule has 1 aromatic rings. The third kappa shape index (κ3) is 3.62. The van der Waals surface area contributed by atoms with Crippen LogP contribution >= 0.6 is 0 Å². The van der Waals surface area contributed by atoms with E-state index in [9.17, 15) is 9.59 Å². The van der Waals surface area contributed by atoms with Crippen LogP contribution in [0.2, 0.25) is 0 Å². The number of benzene rings is 1. The summed E-state index contributed by atoms with van der Waals surface area (Å²) in [6, 6.07) is 5.73. The highest BCUT2D eigenvalue weighted by Gasteiger charge is 2.28. The van der Waals surface area contributed by atoms with Crippen LogP contribution in [0, 0.1) is 5.92 Å². The van der Waals surface area contributed by atoms with E-state index in [0.717, 1.165) is 30.0 Å². The summed E-state index contributed by atoms with van der Waals surface area (Å²) < 4.78 is 10.7. The number of ether oxygens (including phenoxy) is 2. The van der Waals surface area contributed by atoms with E-state index in [4.69, 9.17) is 15.2 Å². The van der Waals surface area contributed by atoms with Gasteiger partial charge in [0, 0.05) is 19.6 Å². The average Bonchev–Trinajstić information content (AvgIpc) is 3.20. The summed E-state index contributed by atoms with van der Waals surface area (Å²) >= 11 is 0. The third-order valence-electron chi connectivity index (χ3n) is 4.58. The SMILES string of the molecule is CCN(Cc1ccc2c(c1)OCO2)C(=O)CN1CCC(C(N)=O)C1. The fraction of sp³-hybridized carbons (Fsp3) is 0.529. The minimum absolute atomic E-state index is 0.0558. The number of hydrogen-bond acceptors (Lipinski definition) is 5. The van der Waals surface area contributed by atoms with Crippen LogP contribution in [0.4, 0.5) is 0 Å². The lowest BCUT2D eigenvalue weighted by Gasteiger charge is -2.24. The summed E-state index contributed by atoms with van der Waals surface area (Å²) in [4.78, 5) is 27.6. The molecule has 1 atom stereocenters. The predicted octanol–water partition coefficient (Wildman–Crippen LogP) is 0.571. The van der Waals surface area contributed by atoms with E-state index < -0.39 is 0 Å². The monoisotopic (exact) mass is 333 g/mol. The van der Waals surface area contributed by atoms with E-state index in [2.05, 4.69) is 0 Å². The van der Waals surface area contributed by atoms with E-state index in [1.807, 2.05) is 30.0 Å². The van der Waals surface area contributed by atoms with E-state index in [1.165, 1.54) is 0 Å². The van der Waals surface area contributed by atoms with E-state index in [0.29, 0.717) is 26.2 Å². The van der Waals surface area contributed by atoms with Crippen molar-refractivity contribution < 1.29 is 19.1 Å². The van der Waals surface area contributed by atoms with Gasteiger partial charge in [-0.05, 0) is 37.6 Å². The molecular weight excluding hydrogens is 310 g/mol. The molecule has 2 amide bonds. The second-order valence-corrected chi connectivity index (χ2v) is 6.22. The first kappa shape index (κ1) is 16.6. The molecular formula is C17H23N3O4. The average molecular weight is 333 g/mol. The van der Waals surface area contributed by atoms with E-state index >= 15 is 0 Å². The van der Waals surface area contributed by atoms with Crippen molar-refractivity contribution in [3.05, 3.63) is 23.8 Å². The van der Waals surface area contributed by atoms with Gasteiger partial charge in [-0.15, -0.1) is 0 Å². The van der Waals surface area contributed by atoms with Gasteiger partial charge in [0.2, 0.25) is 18.6 Å². The number of carbonyl (C=O) groups is 2. The first-order valence-corrected chi connectivity index (χ1v) is 8.24. The number of likely N-dealkylation sites (tertiary alicyclic amines) is 1. The number of nitrogens with two attached hydrogens (primary N) is 1. The van der Waals surface area contributed by atoms with E-state index in [1.54, 1.807) is 4.90 Å². The molecule has 0 radical (unpaired) electrons. The molecule has 2 N–H and O–H groups in total. The van der Waals surface area contributed by atoms with Gasteiger partial charge in [0.15, 0.2) is 11.5 Å². The number of fused-ring (bicyclic) bond motifs is 1. The molecule has 0 spiro atoms. The molecule has 24 heavy (non-hydrogen) atoms. The molecule has 0 aliphatic carbocycles. The van der Waals surface area contributed by atoms with E-state index in [-0.39, 0.29) is 24.5 Å². The van der Waals surface area contributed by atoms with Crippen LogP contribution in [0.3, 0.4) is 0 Å². The number of primary amides is 1. The van der Waals surface area contributed by atoms with Gasteiger partial charge >= 0.3 is 0 Å². The minimum atomic E-state index is -0.280. The van der Waals surface area contributed by atoms with Crippen molar-refractivity contribution in [2.75, 3.05) is 33.0 Å². The van der Waals surface area contributed by atoms with Crippen LogP contribution in [0.5, 0.6) is 11.5 Å². The molecule has 7 heteroatoms. The van der Waals surface area contributed by atoms with Crippen LogP contribution in [-0.4, -0.2) is 54.6 Å². The molecule has 0 saturated carbocycles. The van der Waals surface area contributed by atoms with Crippen LogP contribution < -0.4 is 15.2 Å². The first-order chi connectivity index (χ1) is 11.6. The normalized spacial score (nSPS) is 19.5. The van der Waals surface area contributed by atoms with Crippen molar-refractivity contribution in [3.8, 4) is 11.5 Å². The number of nitrogens with zero attached hydrogens (tertiary/aromatic N) is 2. The number of amides is 2. The molecule has 2 aliphatic heterocycles. The second-order valence-electron chi connectivity index (χ2n) is 6.22. The zero-order chi connectivity index (χ0) is 17.1. The highest BCUT2D eigenvalue weighted by molar-refractivity contribution is 5.79. The van der Waals surface area contributed by atoms with Crippen LogP contribution in [0.25, 0.3) is 0 Å². The van der Waals surface area contributed by atoms with Gasteiger partial charge in [0.05, 0.1) is 12.5 Å². The van der Waals surface area contributed by atoms with Crippen LogP contribution in [-0.2, 0) is 16.1 Å². The second kappa shape index (κ2) is 7.09. The smallest absolute Gasteiger partial charge is 0.237 e. The third-order valence-corrected chi connectivity index (χ3v) is 4.58. The number of hydrogen-bond donors (Lipinski definition) is 1. The Kier molecular flexibility index (Phi) is 4.89. The molecule has 1 unspecified atom stereocenters. The Morgan fingerprint density at radius 2 is 2.12 bits per heavy atom. The molecule has 0 bridgehead atoms. The molecule has 3 rings (SSSR count). The van der Waals surface area contributed by atoms with Gasteiger partial charge in [-0.2, -0.15) is 0 Å². The maximum atomic E-state index is 12.6. The summed E-state index contributed by atoms with van der Waals surface area (Å²) in [6.45, 7) is 4.98. The summed E-state index contributed by atoms with van der Waals surface area (Å²) in [7, 11) is 0. The van der Waals surface area contributed by atoms with Gasteiger partial charge in [0.1, 0.15) is 0 Å². The summed E-state index contributed by atoms with van der Waals surface area (Å²) in [5, 5.41) is 0. The molecule has 2 heterocycles. The molecule has 1 saturated heterocycles. The Balaban J connectivity index is 1.57. The largest absolute Gasteiger partial charge is 0.454 e. The summed E-state index contributed by atoms with van der Waals surface area (Å²) in [5.41, 5.74) is 6.35. The quantitative estimate of drug-likeness (QED) is 0.823. The molecule has 7 nitrogen and oxygen atoms in total. The number of likely N-dealkylation sites (N-methyl/N-ethyl adjacent to an activating group) is 1.